The third-order valence-corrected chi connectivity index (χ3v) is 4.75. The van der Waals surface area contributed by atoms with E-state index in [2.05, 4.69) is 5.10 Å². The number of hydrogen-bond donors (Lipinski definition) is 1. The number of nitrogens with zero attached hydrogens (tertiary/aromatic N) is 3. The standard InChI is InChI=1S/C19H24N4O2/c1-13-10-14(2)23(21-13)11-15-5-7-16(8-6-15)19(25)22-9-3-4-17(12-22)18(20)24/h5-8,10,17H,3-4,9,11-12H2,1-2H3,(H2,20,24)/t17-/m0/s1. The van der Waals surface area contributed by atoms with Crippen LogP contribution in [0.2, 0.25) is 0 Å². The molecule has 2 N–H and O–H groups in total. The Morgan fingerprint density at radius 2 is 1.96 bits per heavy atom. The smallest absolute Gasteiger partial charge is 0.253 e. The highest BCUT2D eigenvalue weighted by Crippen LogP contribution is 2.19. The first kappa shape index (κ1) is 17.2. The molecule has 0 bridgehead atoms. The van der Waals surface area contributed by atoms with Crippen LogP contribution in [0, 0.1) is 19.8 Å². The molecule has 1 atom stereocenters. The van der Waals surface area contributed by atoms with Gasteiger partial charge in [-0.3, -0.25) is 14.3 Å². The number of aromatic nitrogens is 2. The van der Waals surface area contributed by atoms with Gasteiger partial charge in [0.15, 0.2) is 0 Å². The summed E-state index contributed by atoms with van der Waals surface area (Å²) in [5.74, 6) is -0.593. The van der Waals surface area contributed by atoms with E-state index in [9.17, 15) is 9.59 Å². The number of primary amides is 1. The number of amides is 2. The number of aryl methyl sites for hydroxylation is 2. The average Bonchev–Trinajstić information content (AvgIpc) is 2.92. The first-order valence-electron chi connectivity index (χ1n) is 8.62. The van der Waals surface area contributed by atoms with Gasteiger partial charge in [-0.05, 0) is 50.5 Å². The molecule has 1 saturated heterocycles. The number of hydrogen-bond acceptors (Lipinski definition) is 3. The van der Waals surface area contributed by atoms with Crippen molar-refractivity contribution in [2.45, 2.75) is 33.2 Å². The summed E-state index contributed by atoms with van der Waals surface area (Å²) in [5.41, 5.74) is 9.24. The molecular formula is C19H24N4O2. The van der Waals surface area contributed by atoms with Crippen LogP contribution in [0.5, 0.6) is 0 Å². The Kier molecular flexibility index (Phi) is 4.88. The van der Waals surface area contributed by atoms with Gasteiger partial charge in [0.25, 0.3) is 5.91 Å². The van der Waals surface area contributed by atoms with Gasteiger partial charge in [-0.25, -0.2) is 0 Å². The quantitative estimate of drug-likeness (QED) is 0.923. The summed E-state index contributed by atoms with van der Waals surface area (Å²) >= 11 is 0. The second-order valence-electron chi connectivity index (χ2n) is 6.77. The maximum absolute atomic E-state index is 12.7. The molecule has 2 amide bonds. The molecule has 1 aromatic heterocycles. The highest BCUT2D eigenvalue weighted by atomic mass is 16.2. The van der Waals surface area contributed by atoms with E-state index in [0.717, 1.165) is 29.8 Å². The first-order valence-corrected chi connectivity index (χ1v) is 8.62. The average molecular weight is 340 g/mol. The summed E-state index contributed by atoms with van der Waals surface area (Å²) in [7, 11) is 0. The molecule has 25 heavy (non-hydrogen) atoms. The van der Waals surface area contributed by atoms with Crippen LogP contribution < -0.4 is 5.73 Å². The van der Waals surface area contributed by atoms with E-state index < -0.39 is 0 Å². The number of piperidine rings is 1. The number of nitrogens with two attached hydrogens (primary N) is 1. The lowest BCUT2D eigenvalue weighted by Crippen LogP contribution is -2.44. The third kappa shape index (κ3) is 3.90. The molecule has 0 saturated carbocycles. The molecule has 1 fully saturated rings. The summed E-state index contributed by atoms with van der Waals surface area (Å²) in [6.07, 6.45) is 1.58. The van der Waals surface area contributed by atoms with Gasteiger partial charge in [0.1, 0.15) is 0 Å². The zero-order valence-corrected chi connectivity index (χ0v) is 14.7. The zero-order valence-electron chi connectivity index (χ0n) is 14.7. The van der Waals surface area contributed by atoms with Gasteiger partial charge in [-0.15, -0.1) is 0 Å². The highest BCUT2D eigenvalue weighted by Gasteiger charge is 2.27. The molecule has 6 nitrogen and oxygen atoms in total. The number of carbonyl (C=O) groups is 2. The Bertz CT molecular complexity index is 779. The van der Waals surface area contributed by atoms with E-state index in [1.165, 1.54) is 0 Å². The Labute approximate surface area is 147 Å². The van der Waals surface area contributed by atoms with Crippen molar-refractivity contribution < 1.29 is 9.59 Å². The first-order chi connectivity index (χ1) is 11.9. The molecular weight excluding hydrogens is 316 g/mol. The van der Waals surface area contributed by atoms with E-state index >= 15 is 0 Å². The fraction of sp³-hybridized carbons (Fsp3) is 0.421. The number of benzene rings is 1. The number of likely N-dealkylation sites (tertiary alicyclic amines) is 1. The summed E-state index contributed by atoms with van der Waals surface area (Å²) in [6, 6.07) is 9.65. The van der Waals surface area contributed by atoms with E-state index in [1.54, 1.807) is 4.90 Å². The molecule has 0 radical (unpaired) electrons. The molecule has 1 aliphatic heterocycles. The Morgan fingerprint density at radius 1 is 1.24 bits per heavy atom. The lowest BCUT2D eigenvalue weighted by atomic mass is 9.97. The van der Waals surface area contributed by atoms with Gasteiger partial charge in [0.05, 0.1) is 18.2 Å². The van der Waals surface area contributed by atoms with Crippen LogP contribution in [-0.2, 0) is 11.3 Å². The molecule has 1 aliphatic rings. The van der Waals surface area contributed by atoms with Gasteiger partial charge >= 0.3 is 0 Å². The molecule has 0 unspecified atom stereocenters. The van der Waals surface area contributed by atoms with Crippen LogP contribution in [0.15, 0.2) is 30.3 Å². The molecule has 0 spiro atoms. The van der Waals surface area contributed by atoms with E-state index in [0.29, 0.717) is 25.2 Å². The summed E-state index contributed by atoms with van der Waals surface area (Å²) in [4.78, 5) is 25.8. The van der Waals surface area contributed by atoms with Crippen molar-refractivity contribution in [3.63, 3.8) is 0 Å². The molecule has 2 aromatic rings. The predicted octanol–water partition coefficient (Wildman–Crippen LogP) is 1.89. The molecule has 3 rings (SSSR count). The van der Waals surface area contributed by atoms with Crippen LogP contribution in [0.1, 0.15) is 40.2 Å². The fourth-order valence-corrected chi connectivity index (χ4v) is 3.34. The molecule has 132 valence electrons. The van der Waals surface area contributed by atoms with Gasteiger partial charge < -0.3 is 10.6 Å². The van der Waals surface area contributed by atoms with Crippen molar-refractivity contribution in [3.05, 3.63) is 52.8 Å². The minimum atomic E-state index is -0.322. The predicted molar refractivity (Wildman–Crippen MR) is 95.1 cm³/mol. The highest BCUT2D eigenvalue weighted by molar-refractivity contribution is 5.94. The summed E-state index contributed by atoms with van der Waals surface area (Å²) in [5, 5.41) is 4.46. The normalized spacial score (nSPS) is 17.5. The maximum Gasteiger partial charge on any atom is 0.253 e. The van der Waals surface area contributed by atoms with Crippen LogP contribution in [0.3, 0.4) is 0 Å². The van der Waals surface area contributed by atoms with E-state index in [1.807, 2.05) is 48.9 Å². The molecule has 2 heterocycles. The number of rotatable bonds is 4. The minimum absolute atomic E-state index is 0.0383. The lowest BCUT2D eigenvalue weighted by Gasteiger charge is -2.31. The summed E-state index contributed by atoms with van der Waals surface area (Å²) < 4.78 is 1.95. The third-order valence-electron chi connectivity index (χ3n) is 4.75. The monoisotopic (exact) mass is 340 g/mol. The Hall–Kier alpha value is -2.63. The largest absolute Gasteiger partial charge is 0.369 e. The van der Waals surface area contributed by atoms with E-state index in [-0.39, 0.29) is 17.7 Å². The van der Waals surface area contributed by atoms with Crippen LogP contribution in [-0.4, -0.2) is 39.6 Å². The van der Waals surface area contributed by atoms with Crippen molar-refractivity contribution in [1.82, 2.24) is 14.7 Å². The van der Waals surface area contributed by atoms with Gasteiger partial charge in [0.2, 0.25) is 5.91 Å². The van der Waals surface area contributed by atoms with Gasteiger partial charge in [0, 0.05) is 24.3 Å². The summed E-state index contributed by atoms with van der Waals surface area (Å²) in [6.45, 7) is 5.78. The minimum Gasteiger partial charge on any atom is -0.369 e. The van der Waals surface area contributed by atoms with Gasteiger partial charge in [-0.1, -0.05) is 12.1 Å². The van der Waals surface area contributed by atoms with Crippen molar-refractivity contribution in [2.24, 2.45) is 11.7 Å². The lowest BCUT2D eigenvalue weighted by molar-refractivity contribution is -0.123. The van der Waals surface area contributed by atoms with Crippen molar-refractivity contribution in [1.29, 1.82) is 0 Å². The van der Waals surface area contributed by atoms with E-state index in [4.69, 9.17) is 5.73 Å². The van der Waals surface area contributed by atoms with Crippen molar-refractivity contribution in [2.75, 3.05) is 13.1 Å². The topological polar surface area (TPSA) is 81.2 Å². The Morgan fingerprint density at radius 3 is 2.56 bits per heavy atom. The SMILES string of the molecule is Cc1cc(C)n(Cc2ccc(C(=O)N3CCC[C@H](C(N)=O)C3)cc2)n1. The van der Waals surface area contributed by atoms with Crippen LogP contribution >= 0.6 is 0 Å². The maximum atomic E-state index is 12.7. The molecule has 1 aromatic carbocycles. The second kappa shape index (κ2) is 7.09. The van der Waals surface area contributed by atoms with Crippen molar-refractivity contribution in [3.8, 4) is 0 Å². The van der Waals surface area contributed by atoms with Crippen LogP contribution in [0.4, 0.5) is 0 Å². The fourth-order valence-electron chi connectivity index (χ4n) is 3.34. The second-order valence-corrected chi connectivity index (χ2v) is 6.77. The molecule has 6 heteroatoms. The zero-order chi connectivity index (χ0) is 18.0. The van der Waals surface area contributed by atoms with Gasteiger partial charge in [-0.2, -0.15) is 5.10 Å². The van der Waals surface area contributed by atoms with Crippen molar-refractivity contribution >= 4 is 11.8 Å². The Balaban J connectivity index is 1.68. The van der Waals surface area contributed by atoms with Crippen LogP contribution in [0.25, 0.3) is 0 Å². The molecule has 0 aliphatic carbocycles. The number of carbonyl (C=O) groups excluding carboxylic acids is 2.